The minimum atomic E-state index is -1.17. The normalized spacial score (nSPS) is 18.4. The second-order valence-electron chi connectivity index (χ2n) is 8.54. The fraction of sp³-hybridized carbons (Fsp3) is 0.462. The third-order valence-corrected chi connectivity index (χ3v) is 6.41. The largest absolute Gasteiger partial charge is 0.496 e. The molecule has 2 fully saturated rings. The summed E-state index contributed by atoms with van der Waals surface area (Å²) in [5, 5.41) is 20.5. The van der Waals surface area contributed by atoms with Gasteiger partial charge in [-0.2, -0.15) is 0 Å². The molecular formula is C26H32O6. The number of hydrogen-bond acceptors (Lipinski definition) is 6. The molecule has 0 bridgehead atoms. The number of carbonyl (C=O) groups is 2. The van der Waals surface area contributed by atoms with E-state index in [4.69, 9.17) is 9.47 Å². The lowest BCUT2D eigenvalue weighted by molar-refractivity contribution is 0.0349. The van der Waals surface area contributed by atoms with Crippen LogP contribution in [0.1, 0.15) is 72.1 Å². The molecule has 2 aliphatic rings. The Morgan fingerprint density at radius 2 is 0.969 bits per heavy atom. The van der Waals surface area contributed by atoms with Crippen LogP contribution in [0, 0.1) is 0 Å². The molecule has 4 rings (SSSR count). The second-order valence-corrected chi connectivity index (χ2v) is 8.54. The summed E-state index contributed by atoms with van der Waals surface area (Å²) >= 11 is 0. The van der Waals surface area contributed by atoms with Gasteiger partial charge in [-0.3, -0.25) is 9.59 Å². The minimum Gasteiger partial charge on any atom is -0.496 e. The Hall–Kier alpha value is -2.70. The Balaban J connectivity index is 0.000000181. The average molecular weight is 441 g/mol. The summed E-state index contributed by atoms with van der Waals surface area (Å²) in [6.07, 6.45) is 5.89. The third-order valence-electron chi connectivity index (χ3n) is 6.41. The number of para-hydroxylation sites is 2. The van der Waals surface area contributed by atoms with E-state index in [1.54, 1.807) is 36.4 Å². The van der Waals surface area contributed by atoms with E-state index in [2.05, 4.69) is 0 Å². The van der Waals surface area contributed by atoms with Crippen molar-refractivity contribution in [2.24, 2.45) is 0 Å². The smallest absolute Gasteiger partial charge is 0.198 e. The predicted octanol–water partition coefficient (Wildman–Crippen LogP) is 4.37. The van der Waals surface area contributed by atoms with Crippen molar-refractivity contribution in [2.45, 2.75) is 62.6 Å². The minimum absolute atomic E-state index is 0.206. The summed E-state index contributed by atoms with van der Waals surface area (Å²) in [6.45, 7) is 0. The molecule has 2 N–H and O–H groups in total. The fourth-order valence-electron chi connectivity index (χ4n) is 4.54. The van der Waals surface area contributed by atoms with Gasteiger partial charge in [0.15, 0.2) is 11.6 Å². The van der Waals surface area contributed by atoms with Crippen LogP contribution in [-0.4, -0.2) is 47.2 Å². The summed E-state index contributed by atoms with van der Waals surface area (Å²) < 4.78 is 10.3. The maximum Gasteiger partial charge on any atom is 0.198 e. The summed E-state index contributed by atoms with van der Waals surface area (Å²) in [5.74, 6) is 0.658. The number of carbonyl (C=O) groups excluding carboxylic acids is 2. The van der Waals surface area contributed by atoms with Gasteiger partial charge in [-0.05, 0) is 75.6 Å². The van der Waals surface area contributed by atoms with Crippen LogP contribution < -0.4 is 9.47 Å². The second kappa shape index (κ2) is 10.3. The molecule has 2 aromatic carbocycles. The molecule has 2 aromatic rings. The van der Waals surface area contributed by atoms with Gasteiger partial charge in [-0.15, -0.1) is 0 Å². The number of hydrogen-bond donors (Lipinski definition) is 2. The molecule has 2 aliphatic carbocycles. The van der Waals surface area contributed by atoms with Crippen LogP contribution in [0.3, 0.4) is 0 Å². The maximum absolute atomic E-state index is 12.2. The number of Topliss-reactive ketones (excluding diaryl/α,β-unsaturated/α-hetero) is 2. The van der Waals surface area contributed by atoms with Crippen LogP contribution in [0.25, 0.3) is 0 Å². The number of ether oxygens (including phenoxy) is 2. The molecule has 32 heavy (non-hydrogen) atoms. The molecular weight excluding hydrogens is 408 g/mol. The van der Waals surface area contributed by atoms with E-state index in [-0.39, 0.29) is 11.6 Å². The molecule has 2 saturated carbocycles. The van der Waals surface area contributed by atoms with Crippen molar-refractivity contribution >= 4 is 11.6 Å². The van der Waals surface area contributed by atoms with Crippen molar-refractivity contribution in [3.8, 4) is 11.5 Å². The number of rotatable bonds is 6. The van der Waals surface area contributed by atoms with Gasteiger partial charge in [-0.1, -0.05) is 24.3 Å². The van der Waals surface area contributed by atoms with E-state index in [1.165, 1.54) is 14.2 Å². The Morgan fingerprint density at radius 1 is 0.656 bits per heavy atom. The van der Waals surface area contributed by atoms with Gasteiger partial charge in [0.05, 0.1) is 25.3 Å². The fourth-order valence-corrected chi connectivity index (χ4v) is 4.54. The first-order valence-corrected chi connectivity index (χ1v) is 11.1. The van der Waals surface area contributed by atoms with Crippen LogP contribution in [0.15, 0.2) is 48.5 Å². The Labute approximate surface area is 189 Å². The number of methoxy groups -OCH3 is 2. The van der Waals surface area contributed by atoms with Crippen LogP contribution >= 0.6 is 0 Å². The van der Waals surface area contributed by atoms with Crippen molar-refractivity contribution in [1.29, 1.82) is 0 Å². The van der Waals surface area contributed by atoms with Crippen LogP contribution in [-0.2, 0) is 0 Å². The van der Waals surface area contributed by atoms with E-state index in [0.717, 1.165) is 25.7 Å². The zero-order valence-electron chi connectivity index (χ0n) is 18.8. The lowest BCUT2D eigenvalue weighted by Gasteiger charge is -2.21. The molecule has 0 heterocycles. The van der Waals surface area contributed by atoms with Gasteiger partial charge in [0.25, 0.3) is 0 Å². The van der Waals surface area contributed by atoms with E-state index < -0.39 is 11.2 Å². The van der Waals surface area contributed by atoms with E-state index in [1.807, 2.05) is 12.1 Å². The first-order chi connectivity index (χ1) is 15.3. The van der Waals surface area contributed by atoms with Gasteiger partial charge in [0.2, 0.25) is 0 Å². The lowest BCUT2D eigenvalue weighted by atomic mass is 9.91. The van der Waals surface area contributed by atoms with E-state index in [9.17, 15) is 19.8 Å². The molecule has 172 valence electrons. The zero-order valence-corrected chi connectivity index (χ0v) is 18.8. The van der Waals surface area contributed by atoms with Crippen molar-refractivity contribution in [3.63, 3.8) is 0 Å². The summed E-state index contributed by atoms with van der Waals surface area (Å²) in [4.78, 5) is 24.4. The molecule has 0 aromatic heterocycles. The van der Waals surface area contributed by atoms with Gasteiger partial charge in [0.1, 0.15) is 22.7 Å². The van der Waals surface area contributed by atoms with Gasteiger partial charge in [0, 0.05) is 0 Å². The van der Waals surface area contributed by atoms with Crippen molar-refractivity contribution < 1.29 is 29.3 Å². The molecule has 0 radical (unpaired) electrons. The maximum atomic E-state index is 12.2. The van der Waals surface area contributed by atoms with Gasteiger partial charge >= 0.3 is 0 Å². The Bertz CT molecular complexity index is 861. The predicted molar refractivity (Wildman–Crippen MR) is 121 cm³/mol. The molecule has 0 amide bonds. The highest BCUT2D eigenvalue weighted by atomic mass is 16.5. The number of benzene rings is 2. The van der Waals surface area contributed by atoms with E-state index >= 15 is 0 Å². The molecule has 6 heteroatoms. The highest BCUT2D eigenvalue weighted by molar-refractivity contribution is 6.05. The molecule has 6 nitrogen and oxygen atoms in total. The Morgan fingerprint density at radius 3 is 1.28 bits per heavy atom. The molecule has 0 saturated heterocycles. The first-order valence-electron chi connectivity index (χ1n) is 11.1. The van der Waals surface area contributed by atoms with Gasteiger partial charge < -0.3 is 19.7 Å². The highest BCUT2D eigenvalue weighted by Crippen LogP contribution is 2.35. The number of ketones is 2. The van der Waals surface area contributed by atoms with Crippen molar-refractivity contribution in [1.82, 2.24) is 0 Å². The van der Waals surface area contributed by atoms with Crippen LogP contribution in [0.2, 0.25) is 0 Å². The monoisotopic (exact) mass is 440 g/mol. The zero-order chi connectivity index (χ0) is 23.2. The molecule has 0 atom stereocenters. The average Bonchev–Trinajstić information content (AvgIpc) is 3.48. The van der Waals surface area contributed by atoms with Crippen LogP contribution in [0.4, 0.5) is 0 Å². The summed E-state index contributed by atoms with van der Waals surface area (Å²) in [6, 6.07) is 14.1. The van der Waals surface area contributed by atoms with Gasteiger partial charge in [-0.25, -0.2) is 0 Å². The standard InChI is InChI=1S/2C13H16O3/c2*1-16-11-7-3-2-6-10(11)12(14)13(15)8-4-5-9-13/h2*2-3,6-7,15H,4-5,8-9H2,1H3. The molecule has 0 spiro atoms. The third kappa shape index (κ3) is 5.03. The molecule has 0 unspecified atom stereocenters. The first kappa shape index (κ1) is 24.0. The van der Waals surface area contributed by atoms with Crippen molar-refractivity contribution in [3.05, 3.63) is 59.7 Å². The summed E-state index contributed by atoms with van der Waals surface area (Å²) in [7, 11) is 3.07. The number of aliphatic hydroxyl groups is 2. The van der Waals surface area contributed by atoms with Crippen LogP contribution in [0.5, 0.6) is 11.5 Å². The lowest BCUT2D eigenvalue weighted by Crippen LogP contribution is -2.35. The molecule has 0 aliphatic heterocycles. The quantitative estimate of drug-likeness (QED) is 0.648. The van der Waals surface area contributed by atoms with E-state index in [0.29, 0.717) is 48.3 Å². The van der Waals surface area contributed by atoms with Crippen molar-refractivity contribution in [2.75, 3.05) is 14.2 Å². The summed E-state index contributed by atoms with van der Waals surface area (Å²) in [5.41, 5.74) is -1.38. The topological polar surface area (TPSA) is 93.1 Å². The Kier molecular flexibility index (Phi) is 7.69. The SMILES string of the molecule is COc1ccccc1C(=O)C1(O)CCCC1.COc1ccccc1C(=O)C1(O)CCCC1. The highest BCUT2D eigenvalue weighted by Gasteiger charge is 2.41.